The van der Waals surface area contributed by atoms with Crippen molar-refractivity contribution in [3.05, 3.63) is 22.6 Å². The maximum absolute atomic E-state index is 5.70. The van der Waals surface area contributed by atoms with Gasteiger partial charge in [0.25, 0.3) is 0 Å². The topological polar surface area (TPSA) is 18.5 Å². The highest BCUT2D eigenvalue weighted by atomic mass is 32.2. The normalized spacial score (nSPS) is 11.0. The van der Waals surface area contributed by atoms with Crippen molar-refractivity contribution < 1.29 is 9.47 Å². The Morgan fingerprint density at radius 3 is 2.04 bits per heavy atom. The Kier molecular flexibility index (Phi) is 8.75. The summed E-state index contributed by atoms with van der Waals surface area (Å²) in [5.74, 6) is 1.81. The molecule has 25 heavy (non-hydrogen) atoms. The van der Waals surface area contributed by atoms with Crippen molar-refractivity contribution in [1.29, 1.82) is 0 Å². The summed E-state index contributed by atoms with van der Waals surface area (Å²) in [6, 6.07) is 4.19. The molecule has 138 valence electrons. The monoisotopic (exact) mass is 432 g/mol. The SMILES string of the molecule is COc1cc(-c2sc(C)c(SCSC)c2SCSC)c(OC)cc1C. The predicted molar refractivity (Wildman–Crippen MR) is 121 cm³/mol. The molecule has 1 aromatic heterocycles. The molecule has 0 aliphatic rings. The van der Waals surface area contributed by atoms with Gasteiger partial charge in [0.15, 0.2) is 0 Å². The number of aryl methyl sites for hydroxylation is 2. The highest BCUT2D eigenvalue weighted by molar-refractivity contribution is 8.17. The van der Waals surface area contributed by atoms with E-state index >= 15 is 0 Å². The molecule has 0 bridgehead atoms. The minimum absolute atomic E-state index is 0.904. The van der Waals surface area contributed by atoms with Gasteiger partial charge in [0.2, 0.25) is 0 Å². The Morgan fingerprint density at radius 2 is 1.48 bits per heavy atom. The summed E-state index contributed by atoms with van der Waals surface area (Å²) in [5, 5.41) is 2.11. The summed E-state index contributed by atoms with van der Waals surface area (Å²) in [7, 11) is 3.46. The maximum Gasteiger partial charge on any atom is 0.128 e. The molecule has 2 aromatic rings. The van der Waals surface area contributed by atoms with E-state index in [1.807, 2.05) is 65.3 Å². The first kappa shape index (κ1) is 21.2. The molecule has 1 heterocycles. The molecule has 1 aromatic carbocycles. The van der Waals surface area contributed by atoms with Gasteiger partial charge in [0.05, 0.1) is 19.1 Å². The molecule has 0 aliphatic heterocycles. The van der Waals surface area contributed by atoms with Crippen LogP contribution in [0.1, 0.15) is 10.4 Å². The lowest BCUT2D eigenvalue weighted by atomic mass is 10.1. The summed E-state index contributed by atoms with van der Waals surface area (Å²) in [5.41, 5.74) is 2.21. The van der Waals surface area contributed by atoms with Crippen LogP contribution in [0.15, 0.2) is 21.9 Å². The number of thioether (sulfide) groups is 4. The van der Waals surface area contributed by atoms with Gasteiger partial charge in [-0.1, -0.05) is 0 Å². The molecule has 0 atom stereocenters. The Morgan fingerprint density at radius 1 is 0.880 bits per heavy atom. The molecule has 0 saturated carbocycles. The number of hydrogen-bond donors (Lipinski definition) is 0. The van der Waals surface area contributed by atoms with Crippen LogP contribution in [0.25, 0.3) is 10.4 Å². The van der Waals surface area contributed by atoms with Crippen LogP contribution in [0.4, 0.5) is 0 Å². The van der Waals surface area contributed by atoms with Gasteiger partial charge in [0, 0.05) is 30.4 Å². The molecule has 2 nitrogen and oxygen atoms in total. The lowest BCUT2D eigenvalue weighted by Gasteiger charge is -2.14. The molecule has 0 N–H and O–H groups in total. The molecule has 0 fully saturated rings. The van der Waals surface area contributed by atoms with Gasteiger partial charge >= 0.3 is 0 Å². The van der Waals surface area contributed by atoms with Crippen molar-refractivity contribution in [3.63, 3.8) is 0 Å². The van der Waals surface area contributed by atoms with E-state index in [2.05, 4.69) is 31.6 Å². The standard InChI is InChI=1S/C18H24O2S5/c1-11-7-15(20-4)13(8-14(11)19-3)17-18(24-10-22-6)16(12(2)25-17)23-9-21-5/h7-8H,9-10H2,1-6H3. The zero-order chi connectivity index (χ0) is 18.4. The third-order valence-electron chi connectivity index (χ3n) is 3.59. The van der Waals surface area contributed by atoms with E-state index in [0.29, 0.717) is 0 Å². The van der Waals surface area contributed by atoms with Gasteiger partial charge in [-0.3, -0.25) is 0 Å². The minimum Gasteiger partial charge on any atom is -0.496 e. The van der Waals surface area contributed by atoms with E-state index in [1.54, 1.807) is 14.2 Å². The van der Waals surface area contributed by atoms with Gasteiger partial charge in [-0.05, 0) is 44.1 Å². The van der Waals surface area contributed by atoms with E-state index in [4.69, 9.17) is 9.47 Å². The number of rotatable bonds is 9. The Bertz CT molecular complexity index is 712. The lowest BCUT2D eigenvalue weighted by molar-refractivity contribution is 0.402. The maximum atomic E-state index is 5.70. The summed E-state index contributed by atoms with van der Waals surface area (Å²) in [6.45, 7) is 4.27. The molecule has 0 unspecified atom stereocenters. The average Bonchev–Trinajstić information content (AvgIpc) is 2.93. The van der Waals surface area contributed by atoms with Crippen LogP contribution in [0, 0.1) is 13.8 Å². The first-order valence-electron chi connectivity index (χ1n) is 7.67. The molecule has 0 radical (unpaired) electrons. The largest absolute Gasteiger partial charge is 0.496 e. The number of methoxy groups -OCH3 is 2. The van der Waals surface area contributed by atoms with Crippen molar-refractivity contribution in [2.45, 2.75) is 23.6 Å². The molecule has 2 rings (SSSR count). The van der Waals surface area contributed by atoms with Crippen molar-refractivity contribution in [2.24, 2.45) is 0 Å². The number of thiophene rings is 1. The van der Waals surface area contributed by atoms with Crippen LogP contribution >= 0.6 is 58.4 Å². The third kappa shape index (κ3) is 5.01. The Balaban J connectivity index is 2.61. The zero-order valence-corrected chi connectivity index (χ0v) is 19.5. The fourth-order valence-corrected chi connectivity index (χ4v) is 7.35. The lowest BCUT2D eigenvalue weighted by Crippen LogP contribution is -1.93. The minimum atomic E-state index is 0.904. The van der Waals surface area contributed by atoms with E-state index in [1.165, 1.54) is 19.5 Å². The van der Waals surface area contributed by atoms with Crippen molar-refractivity contribution in [3.8, 4) is 21.9 Å². The van der Waals surface area contributed by atoms with Crippen LogP contribution < -0.4 is 9.47 Å². The zero-order valence-electron chi connectivity index (χ0n) is 15.4. The molecule has 0 amide bonds. The quantitative estimate of drug-likeness (QED) is 0.315. The second-order valence-electron chi connectivity index (χ2n) is 5.27. The summed E-state index contributed by atoms with van der Waals surface area (Å²) >= 11 is 9.44. The number of hydrogen-bond acceptors (Lipinski definition) is 7. The van der Waals surface area contributed by atoms with Crippen molar-refractivity contribution in [1.82, 2.24) is 0 Å². The molecular formula is C18H24O2S5. The molecule has 0 saturated heterocycles. The van der Waals surface area contributed by atoms with Gasteiger partial charge in [-0.25, -0.2) is 0 Å². The highest BCUT2D eigenvalue weighted by Crippen LogP contribution is 2.50. The number of ether oxygens (including phenoxy) is 2. The van der Waals surface area contributed by atoms with Crippen LogP contribution in [0.2, 0.25) is 0 Å². The average molecular weight is 433 g/mol. The number of benzene rings is 1. The molecular weight excluding hydrogens is 409 g/mol. The van der Waals surface area contributed by atoms with Crippen molar-refractivity contribution >= 4 is 58.4 Å². The molecule has 0 spiro atoms. The van der Waals surface area contributed by atoms with Gasteiger partial charge in [-0.15, -0.1) is 34.9 Å². The fourth-order valence-electron chi connectivity index (χ4n) is 2.45. The van der Waals surface area contributed by atoms with E-state index in [9.17, 15) is 0 Å². The first-order chi connectivity index (χ1) is 12.1. The van der Waals surface area contributed by atoms with Crippen LogP contribution in [-0.4, -0.2) is 36.9 Å². The molecule has 7 heteroatoms. The van der Waals surface area contributed by atoms with Crippen molar-refractivity contribution in [2.75, 3.05) is 36.9 Å². The first-order valence-corrected chi connectivity index (χ1v) is 13.2. The van der Waals surface area contributed by atoms with E-state index in [0.717, 1.165) is 32.8 Å². The predicted octanol–water partition coefficient (Wildman–Crippen LogP) is 6.87. The van der Waals surface area contributed by atoms with Crippen LogP contribution in [-0.2, 0) is 0 Å². The Hall–Kier alpha value is -0.0800. The van der Waals surface area contributed by atoms with Gasteiger partial charge < -0.3 is 9.47 Å². The van der Waals surface area contributed by atoms with Gasteiger partial charge in [0.1, 0.15) is 11.5 Å². The second kappa shape index (κ2) is 10.3. The fraction of sp³-hybridized carbons (Fsp3) is 0.444. The van der Waals surface area contributed by atoms with E-state index < -0.39 is 0 Å². The summed E-state index contributed by atoms with van der Waals surface area (Å²) in [4.78, 5) is 5.45. The highest BCUT2D eigenvalue weighted by Gasteiger charge is 2.21. The van der Waals surface area contributed by atoms with E-state index in [-0.39, 0.29) is 0 Å². The van der Waals surface area contributed by atoms with Crippen LogP contribution in [0.5, 0.6) is 11.5 Å². The van der Waals surface area contributed by atoms with Crippen LogP contribution in [0.3, 0.4) is 0 Å². The third-order valence-corrected chi connectivity index (χ3v) is 9.44. The molecule has 0 aliphatic carbocycles. The second-order valence-corrected chi connectivity index (χ2v) is 10.9. The summed E-state index contributed by atoms with van der Waals surface area (Å²) in [6.07, 6.45) is 4.30. The summed E-state index contributed by atoms with van der Waals surface area (Å²) < 4.78 is 11.3. The Labute approximate surface area is 172 Å². The smallest absolute Gasteiger partial charge is 0.128 e. The van der Waals surface area contributed by atoms with Gasteiger partial charge in [-0.2, -0.15) is 23.5 Å².